The van der Waals surface area contributed by atoms with Gasteiger partial charge in [-0.2, -0.15) is 0 Å². The zero-order valence-electron chi connectivity index (χ0n) is 10.5. The highest BCUT2D eigenvalue weighted by Gasteiger charge is 2.22. The zero-order chi connectivity index (χ0) is 13.3. The number of hydrogen-bond donors (Lipinski definition) is 2. The van der Waals surface area contributed by atoms with Gasteiger partial charge >= 0.3 is 0 Å². The van der Waals surface area contributed by atoms with E-state index in [-0.39, 0.29) is 10.6 Å². The van der Waals surface area contributed by atoms with Crippen molar-refractivity contribution in [3.63, 3.8) is 0 Å². The van der Waals surface area contributed by atoms with Gasteiger partial charge in [-0.15, -0.1) is 0 Å². The molecule has 0 saturated carbocycles. The van der Waals surface area contributed by atoms with E-state index < -0.39 is 10.0 Å². The maximum absolute atomic E-state index is 11.3. The molecule has 0 bridgehead atoms. The predicted octanol–water partition coefficient (Wildman–Crippen LogP) is 1.15. The molecule has 4 N–H and O–H groups in total. The standard InChI is InChI=1S/C12H19N3O2S/c1-2-9-5-6-15(8-9)10-3-4-12(11(13)7-10)18(14,16)17/h3-4,7,9H,2,5-6,8,13H2,1H3,(H2,14,16,17). The zero-order valence-corrected chi connectivity index (χ0v) is 11.3. The van der Waals surface area contributed by atoms with Gasteiger partial charge in [-0.25, -0.2) is 13.6 Å². The first-order valence-electron chi connectivity index (χ1n) is 6.09. The number of nitrogens with zero attached hydrogens (tertiary/aromatic N) is 1. The Bertz CT molecular complexity index is 542. The second-order valence-electron chi connectivity index (χ2n) is 4.78. The lowest BCUT2D eigenvalue weighted by Crippen LogP contribution is -2.20. The number of sulfonamides is 1. The predicted molar refractivity (Wildman–Crippen MR) is 72.8 cm³/mol. The number of hydrogen-bond acceptors (Lipinski definition) is 4. The van der Waals surface area contributed by atoms with Crippen LogP contribution in [0.25, 0.3) is 0 Å². The van der Waals surface area contributed by atoms with Gasteiger partial charge in [0.2, 0.25) is 10.0 Å². The molecule has 1 saturated heterocycles. The molecule has 6 heteroatoms. The Labute approximate surface area is 108 Å². The van der Waals surface area contributed by atoms with Crippen molar-refractivity contribution >= 4 is 21.4 Å². The summed E-state index contributed by atoms with van der Waals surface area (Å²) in [4.78, 5) is 2.23. The van der Waals surface area contributed by atoms with Crippen LogP contribution in [0.15, 0.2) is 23.1 Å². The van der Waals surface area contributed by atoms with Crippen molar-refractivity contribution in [2.24, 2.45) is 11.1 Å². The number of benzene rings is 1. The Hall–Kier alpha value is -1.27. The highest BCUT2D eigenvalue weighted by molar-refractivity contribution is 7.89. The van der Waals surface area contributed by atoms with Gasteiger partial charge in [-0.05, 0) is 30.5 Å². The molecule has 1 atom stereocenters. The molecule has 0 aliphatic carbocycles. The molecule has 1 unspecified atom stereocenters. The van der Waals surface area contributed by atoms with E-state index in [1.165, 1.54) is 18.9 Å². The molecule has 0 amide bonds. The first kappa shape index (κ1) is 13.2. The number of primary sulfonamides is 1. The fourth-order valence-corrected chi connectivity index (χ4v) is 3.04. The Morgan fingerprint density at radius 2 is 2.17 bits per heavy atom. The van der Waals surface area contributed by atoms with E-state index in [9.17, 15) is 8.42 Å². The van der Waals surface area contributed by atoms with E-state index in [4.69, 9.17) is 10.9 Å². The first-order chi connectivity index (χ1) is 8.41. The summed E-state index contributed by atoms with van der Waals surface area (Å²) in [6, 6.07) is 4.95. The number of rotatable bonds is 3. The van der Waals surface area contributed by atoms with E-state index in [1.54, 1.807) is 12.1 Å². The highest BCUT2D eigenvalue weighted by atomic mass is 32.2. The lowest BCUT2D eigenvalue weighted by Gasteiger charge is -2.19. The van der Waals surface area contributed by atoms with E-state index in [0.29, 0.717) is 5.92 Å². The lowest BCUT2D eigenvalue weighted by molar-refractivity contribution is 0.569. The van der Waals surface area contributed by atoms with Crippen molar-refractivity contribution in [1.82, 2.24) is 0 Å². The summed E-state index contributed by atoms with van der Waals surface area (Å²) in [6.45, 7) is 4.18. The average molecular weight is 269 g/mol. The summed E-state index contributed by atoms with van der Waals surface area (Å²) in [7, 11) is -3.73. The molecule has 100 valence electrons. The molecule has 0 radical (unpaired) electrons. The van der Waals surface area contributed by atoms with Crippen LogP contribution in [0.1, 0.15) is 19.8 Å². The Balaban J connectivity index is 2.25. The smallest absolute Gasteiger partial charge is 0.240 e. The fraction of sp³-hybridized carbons (Fsp3) is 0.500. The van der Waals surface area contributed by atoms with E-state index in [1.807, 2.05) is 0 Å². The molecule has 1 aromatic carbocycles. The van der Waals surface area contributed by atoms with Crippen molar-refractivity contribution in [2.45, 2.75) is 24.7 Å². The summed E-state index contributed by atoms with van der Waals surface area (Å²) in [5.74, 6) is 0.712. The Kier molecular flexibility index (Phi) is 3.49. The van der Waals surface area contributed by atoms with Crippen molar-refractivity contribution in [3.05, 3.63) is 18.2 Å². The van der Waals surface area contributed by atoms with Crippen LogP contribution in [0.4, 0.5) is 11.4 Å². The molecule has 0 spiro atoms. The minimum atomic E-state index is -3.73. The van der Waals surface area contributed by atoms with Crippen molar-refractivity contribution in [1.29, 1.82) is 0 Å². The van der Waals surface area contributed by atoms with Crippen LogP contribution in [-0.2, 0) is 10.0 Å². The third-order valence-electron chi connectivity index (χ3n) is 3.53. The van der Waals surface area contributed by atoms with Crippen molar-refractivity contribution in [2.75, 3.05) is 23.7 Å². The number of anilines is 2. The lowest BCUT2D eigenvalue weighted by atomic mass is 10.1. The van der Waals surface area contributed by atoms with Crippen LogP contribution in [0, 0.1) is 5.92 Å². The van der Waals surface area contributed by atoms with Gasteiger partial charge in [0.1, 0.15) is 4.90 Å². The van der Waals surface area contributed by atoms with Gasteiger partial charge in [0, 0.05) is 18.8 Å². The summed E-state index contributed by atoms with van der Waals surface area (Å²) >= 11 is 0. The van der Waals surface area contributed by atoms with Gasteiger partial charge in [0.05, 0.1) is 5.69 Å². The first-order valence-corrected chi connectivity index (χ1v) is 7.63. The Morgan fingerprint density at radius 1 is 1.44 bits per heavy atom. The SMILES string of the molecule is CCC1CCN(c2ccc(S(N)(=O)=O)c(N)c2)C1. The summed E-state index contributed by atoms with van der Waals surface area (Å²) in [6.07, 6.45) is 2.34. The van der Waals surface area contributed by atoms with Gasteiger partial charge in [-0.1, -0.05) is 13.3 Å². The number of nitrogen functional groups attached to an aromatic ring is 1. The fourth-order valence-electron chi connectivity index (χ4n) is 2.39. The minimum Gasteiger partial charge on any atom is -0.398 e. The van der Waals surface area contributed by atoms with Gasteiger partial charge in [0.25, 0.3) is 0 Å². The molecule has 18 heavy (non-hydrogen) atoms. The maximum atomic E-state index is 11.3. The van der Waals surface area contributed by atoms with Crippen LogP contribution in [0.5, 0.6) is 0 Å². The van der Waals surface area contributed by atoms with E-state index in [2.05, 4.69) is 11.8 Å². The monoisotopic (exact) mass is 269 g/mol. The molecule has 2 rings (SSSR count). The van der Waals surface area contributed by atoms with Crippen LogP contribution in [0.3, 0.4) is 0 Å². The van der Waals surface area contributed by atoms with Crippen molar-refractivity contribution in [3.8, 4) is 0 Å². The molecule has 1 aromatic rings. The molecule has 5 nitrogen and oxygen atoms in total. The average Bonchev–Trinajstić information content (AvgIpc) is 2.75. The van der Waals surface area contributed by atoms with Crippen LogP contribution < -0.4 is 15.8 Å². The minimum absolute atomic E-state index is 0.00233. The molecule has 0 aromatic heterocycles. The summed E-state index contributed by atoms with van der Waals surface area (Å²) in [5.41, 5.74) is 6.94. The third-order valence-corrected chi connectivity index (χ3v) is 4.51. The van der Waals surface area contributed by atoms with E-state index in [0.717, 1.165) is 18.8 Å². The maximum Gasteiger partial charge on any atom is 0.240 e. The third kappa shape index (κ3) is 2.59. The molecule has 1 heterocycles. The largest absolute Gasteiger partial charge is 0.398 e. The van der Waals surface area contributed by atoms with E-state index >= 15 is 0 Å². The van der Waals surface area contributed by atoms with Gasteiger partial charge in [0.15, 0.2) is 0 Å². The second kappa shape index (κ2) is 4.78. The molecule has 1 aliphatic heterocycles. The molecular formula is C12H19N3O2S. The van der Waals surface area contributed by atoms with Crippen molar-refractivity contribution < 1.29 is 8.42 Å². The van der Waals surface area contributed by atoms with Crippen LogP contribution >= 0.6 is 0 Å². The number of nitrogens with two attached hydrogens (primary N) is 2. The Morgan fingerprint density at radius 3 is 2.67 bits per heavy atom. The normalized spacial score (nSPS) is 20.3. The molecule has 1 aliphatic rings. The van der Waals surface area contributed by atoms with Crippen LogP contribution in [-0.4, -0.2) is 21.5 Å². The topological polar surface area (TPSA) is 89.4 Å². The molecular weight excluding hydrogens is 250 g/mol. The highest BCUT2D eigenvalue weighted by Crippen LogP contribution is 2.29. The summed E-state index contributed by atoms with van der Waals surface area (Å²) in [5, 5.41) is 5.08. The van der Waals surface area contributed by atoms with Gasteiger partial charge < -0.3 is 10.6 Å². The molecule has 1 fully saturated rings. The quantitative estimate of drug-likeness (QED) is 0.806. The van der Waals surface area contributed by atoms with Gasteiger partial charge in [-0.3, -0.25) is 0 Å². The van der Waals surface area contributed by atoms with Crippen LogP contribution in [0.2, 0.25) is 0 Å². The summed E-state index contributed by atoms with van der Waals surface area (Å²) < 4.78 is 22.5. The second-order valence-corrected chi connectivity index (χ2v) is 6.31.